The number of carbonyl (C=O) groups excluding carboxylic acids is 1. The lowest BCUT2D eigenvalue weighted by atomic mass is 10.1. The average Bonchev–Trinajstić information content (AvgIpc) is 2.98. The molecule has 0 unspecified atom stereocenters. The summed E-state index contributed by atoms with van der Waals surface area (Å²) in [4.78, 5) is 17.4. The molecule has 0 spiro atoms. The van der Waals surface area contributed by atoms with E-state index in [1.807, 2.05) is 11.8 Å². The van der Waals surface area contributed by atoms with Crippen LogP contribution >= 0.6 is 0 Å². The molecular weight excluding hydrogens is 362 g/mol. The first kappa shape index (κ1) is 20.3. The Kier molecular flexibility index (Phi) is 6.55. The molecule has 150 valence electrons. The standard InChI is InChI=1S/C20H31N3O3S/c1-3-21-12-14-22(15-13-21)20(24)19-16-18(9-8-17(19)2)27(25,26)23-10-6-4-5-7-11-23/h8-9,16H,3-7,10-15H2,1-2H3. The van der Waals surface area contributed by atoms with Crippen LogP contribution in [-0.2, 0) is 10.0 Å². The summed E-state index contributed by atoms with van der Waals surface area (Å²) in [7, 11) is -3.55. The van der Waals surface area contributed by atoms with Crippen molar-refractivity contribution in [2.75, 3.05) is 45.8 Å². The molecule has 2 heterocycles. The van der Waals surface area contributed by atoms with E-state index in [4.69, 9.17) is 0 Å². The predicted octanol–water partition coefficient (Wildman–Crippen LogP) is 2.34. The number of hydrogen-bond acceptors (Lipinski definition) is 4. The molecule has 2 saturated heterocycles. The Labute approximate surface area is 163 Å². The van der Waals surface area contributed by atoms with E-state index in [1.54, 1.807) is 22.5 Å². The second-order valence-electron chi connectivity index (χ2n) is 7.52. The Morgan fingerprint density at radius 1 is 0.963 bits per heavy atom. The molecule has 0 atom stereocenters. The van der Waals surface area contributed by atoms with Crippen molar-refractivity contribution in [3.8, 4) is 0 Å². The topological polar surface area (TPSA) is 60.9 Å². The van der Waals surface area contributed by atoms with Gasteiger partial charge in [-0.3, -0.25) is 4.79 Å². The molecule has 1 aromatic rings. The van der Waals surface area contributed by atoms with E-state index in [-0.39, 0.29) is 10.8 Å². The van der Waals surface area contributed by atoms with E-state index < -0.39 is 10.0 Å². The normalized spacial score (nSPS) is 20.4. The molecule has 0 saturated carbocycles. The zero-order valence-corrected chi connectivity index (χ0v) is 17.3. The van der Waals surface area contributed by atoms with E-state index in [1.165, 1.54) is 0 Å². The van der Waals surface area contributed by atoms with Crippen LogP contribution in [0, 0.1) is 6.92 Å². The summed E-state index contributed by atoms with van der Waals surface area (Å²) >= 11 is 0. The van der Waals surface area contributed by atoms with Crippen LogP contribution in [0.15, 0.2) is 23.1 Å². The highest BCUT2D eigenvalue weighted by atomic mass is 32.2. The van der Waals surface area contributed by atoms with E-state index in [9.17, 15) is 13.2 Å². The van der Waals surface area contributed by atoms with E-state index in [0.29, 0.717) is 31.7 Å². The first-order valence-electron chi connectivity index (χ1n) is 10.1. The van der Waals surface area contributed by atoms with Gasteiger partial charge in [0.15, 0.2) is 0 Å². The SMILES string of the molecule is CCN1CCN(C(=O)c2cc(S(=O)(=O)N3CCCCCC3)ccc2C)CC1. The number of aryl methyl sites for hydroxylation is 1. The molecule has 0 radical (unpaired) electrons. The molecule has 2 fully saturated rings. The predicted molar refractivity (Wildman–Crippen MR) is 106 cm³/mol. The van der Waals surface area contributed by atoms with Crippen molar-refractivity contribution in [2.24, 2.45) is 0 Å². The van der Waals surface area contributed by atoms with Crippen molar-refractivity contribution >= 4 is 15.9 Å². The van der Waals surface area contributed by atoms with Crippen molar-refractivity contribution in [3.05, 3.63) is 29.3 Å². The summed E-state index contributed by atoms with van der Waals surface area (Å²) in [5.74, 6) is -0.0591. The first-order valence-corrected chi connectivity index (χ1v) is 11.5. The molecule has 1 aromatic carbocycles. The third-order valence-corrected chi connectivity index (χ3v) is 7.64. The van der Waals surface area contributed by atoms with Gasteiger partial charge in [-0.15, -0.1) is 0 Å². The fourth-order valence-electron chi connectivity index (χ4n) is 3.86. The smallest absolute Gasteiger partial charge is 0.254 e. The molecule has 7 heteroatoms. The monoisotopic (exact) mass is 393 g/mol. The highest BCUT2D eigenvalue weighted by Crippen LogP contribution is 2.23. The van der Waals surface area contributed by atoms with Gasteiger partial charge < -0.3 is 9.80 Å². The van der Waals surface area contributed by atoms with Crippen molar-refractivity contribution in [3.63, 3.8) is 0 Å². The lowest BCUT2D eigenvalue weighted by Gasteiger charge is -2.34. The maximum absolute atomic E-state index is 13.1. The maximum Gasteiger partial charge on any atom is 0.254 e. The Balaban J connectivity index is 1.82. The van der Waals surface area contributed by atoms with Crippen LogP contribution in [0.3, 0.4) is 0 Å². The van der Waals surface area contributed by atoms with Crippen LogP contribution in [0.4, 0.5) is 0 Å². The minimum Gasteiger partial charge on any atom is -0.336 e. The summed E-state index contributed by atoms with van der Waals surface area (Å²) in [5.41, 5.74) is 1.34. The minimum absolute atomic E-state index is 0.0591. The van der Waals surface area contributed by atoms with Crippen LogP contribution in [0.2, 0.25) is 0 Å². The molecule has 0 bridgehead atoms. The number of sulfonamides is 1. The van der Waals surface area contributed by atoms with Crippen molar-refractivity contribution < 1.29 is 13.2 Å². The Morgan fingerprint density at radius 3 is 2.19 bits per heavy atom. The third kappa shape index (κ3) is 4.52. The lowest BCUT2D eigenvalue weighted by molar-refractivity contribution is 0.0642. The third-order valence-electron chi connectivity index (χ3n) is 5.75. The number of likely N-dealkylation sites (N-methyl/N-ethyl adjacent to an activating group) is 1. The van der Waals surface area contributed by atoms with E-state index in [2.05, 4.69) is 11.8 Å². The van der Waals surface area contributed by atoms with Gasteiger partial charge in [0.2, 0.25) is 10.0 Å². The molecule has 6 nitrogen and oxygen atoms in total. The molecule has 3 rings (SSSR count). The second kappa shape index (κ2) is 8.71. The van der Waals surface area contributed by atoms with Gasteiger partial charge in [0, 0.05) is 44.8 Å². The zero-order chi connectivity index (χ0) is 19.4. The van der Waals surface area contributed by atoms with Crippen LogP contribution in [0.5, 0.6) is 0 Å². The lowest BCUT2D eigenvalue weighted by Crippen LogP contribution is -2.48. The number of piperazine rings is 1. The molecule has 0 N–H and O–H groups in total. The summed E-state index contributed by atoms with van der Waals surface area (Å²) in [6, 6.07) is 4.99. The number of benzene rings is 1. The van der Waals surface area contributed by atoms with Crippen molar-refractivity contribution in [1.29, 1.82) is 0 Å². The Morgan fingerprint density at radius 2 is 1.59 bits per heavy atom. The number of rotatable bonds is 4. The van der Waals surface area contributed by atoms with Crippen molar-refractivity contribution in [1.82, 2.24) is 14.1 Å². The summed E-state index contributed by atoms with van der Waals surface area (Å²) in [6.45, 7) is 9.24. The molecule has 0 aromatic heterocycles. The summed E-state index contributed by atoms with van der Waals surface area (Å²) < 4.78 is 27.7. The molecule has 27 heavy (non-hydrogen) atoms. The van der Waals surface area contributed by atoms with Gasteiger partial charge in [0.25, 0.3) is 5.91 Å². The second-order valence-corrected chi connectivity index (χ2v) is 9.46. The highest BCUT2D eigenvalue weighted by Gasteiger charge is 2.28. The van der Waals surface area contributed by atoms with Gasteiger partial charge in [0.05, 0.1) is 4.90 Å². The van der Waals surface area contributed by atoms with Gasteiger partial charge in [-0.1, -0.05) is 25.8 Å². The fourth-order valence-corrected chi connectivity index (χ4v) is 5.40. The van der Waals surface area contributed by atoms with Crippen LogP contribution < -0.4 is 0 Å². The summed E-state index contributed by atoms with van der Waals surface area (Å²) in [5, 5.41) is 0. The molecule has 2 aliphatic rings. The van der Waals surface area contributed by atoms with E-state index in [0.717, 1.165) is 50.9 Å². The molecule has 1 amide bonds. The molecular formula is C20H31N3O3S. The van der Waals surface area contributed by atoms with Gasteiger partial charge in [-0.05, 0) is 44.0 Å². The van der Waals surface area contributed by atoms with Crippen LogP contribution in [-0.4, -0.2) is 74.2 Å². The fraction of sp³-hybridized carbons (Fsp3) is 0.650. The Hall–Kier alpha value is -1.44. The Bertz CT molecular complexity index is 763. The van der Waals surface area contributed by atoms with E-state index >= 15 is 0 Å². The average molecular weight is 394 g/mol. The van der Waals surface area contributed by atoms with Crippen molar-refractivity contribution in [2.45, 2.75) is 44.4 Å². The molecule has 2 aliphatic heterocycles. The maximum atomic E-state index is 13.1. The van der Waals surface area contributed by atoms with Gasteiger partial charge in [-0.2, -0.15) is 4.31 Å². The zero-order valence-electron chi connectivity index (χ0n) is 16.5. The summed E-state index contributed by atoms with van der Waals surface area (Å²) in [6.07, 6.45) is 3.96. The number of carbonyl (C=O) groups is 1. The number of amides is 1. The largest absolute Gasteiger partial charge is 0.336 e. The molecule has 0 aliphatic carbocycles. The van der Waals surface area contributed by atoms with Gasteiger partial charge in [-0.25, -0.2) is 8.42 Å². The number of hydrogen-bond donors (Lipinski definition) is 0. The van der Waals surface area contributed by atoms with Gasteiger partial charge >= 0.3 is 0 Å². The van der Waals surface area contributed by atoms with Crippen LogP contribution in [0.1, 0.15) is 48.5 Å². The quantitative estimate of drug-likeness (QED) is 0.788. The minimum atomic E-state index is -3.55. The number of nitrogens with zero attached hydrogens (tertiary/aromatic N) is 3. The first-order chi connectivity index (χ1) is 12.9. The van der Waals surface area contributed by atoms with Gasteiger partial charge in [0.1, 0.15) is 0 Å². The van der Waals surface area contributed by atoms with Crippen LogP contribution in [0.25, 0.3) is 0 Å². The highest BCUT2D eigenvalue weighted by molar-refractivity contribution is 7.89.